The van der Waals surface area contributed by atoms with E-state index in [1.54, 1.807) is 0 Å². The van der Waals surface area contributed by atoms with E-state index in [0.29, 0.717) is 5.02 Å². The van der Waals surface area contributed by atoms with Gasteiger partial charge in [-0.25, -0.2) is 4.98 Å². The minimum atomic E-state index is 0.696. The van der Waals surface area contributed by atoms with Gasteiger partial charge in [0.1, 0.15) is 6.33 Å². The van der Waals surface area contributed by atoms with Gasteiger partial charge >= 0.3 is 0 Å². The average Bonchev–Trinajstić information content (AvgIpc) is 3.46. The van der Waals surface area contributed by atoms with Crippen LogP contribution in [0.1, 0.15) is 16.8 Å². The molecule has 0 N–H and O–H groups in total. The summed E-state index contributed by atoms with van der Waals surface area (Å²) < 4.78 is 5.96. The van der Waals surface area contributed by atoms with Gasteiger partial charge in [0.2, 0.25) is 0 Å². The molecule has 5 aromatic rings. The van der Waals surface area contributed by atoms with Gasteiger partial charge in [0.25, 0.3) is 0 Å². The van der Waals surface area contributed by atoms with Crippen LogP contribution in [0.25, 0.3) is 28.2 Å². The highest BCUT2D eigenvalue weighted by molar-refractivity contribution is 6.31. The number of aryl methyl sites for hydroxylation is 1. The van der Waals surface area contributed by atoms with Crippen LogP contribution in [0.2, 0.25) is 5.02 Å². The number of benzene rings is 2. The monoisotopic (exact) mass is 426 g/mol. The lowest BCUT2D eigenvalue weighted by Gasteiger charge is -2.10. The number of halogens is 1. The number of nitrogens with zero attached hydrogens (tertiary/aromatic N) is 6. The molecule has 1 aliphatic heterocycles. The van der Waals surface area contributed by atoms with Crippen molar-refractivity contribution < 1.29 is 0 Å². The molecule has 0 radical (unpaired) electrons. The second kappa shape index (κ2) is 6.96. The molecule has 3 aromatic heterocycles. The fraction of sp³-hybridized carbons (Fsp3) is 0.125. The molecule has 4 heterocycles. The van der Waals surface area contributed by atoms with Crippen LogP contribution in [-0.2, 0) is 20.0 Å². The smallest absolute Gasteiger partial charge is 0.100 e. The van der Waals surface area contributed by atoms with E-state index in [1.165, 1.54) is 5.56 Å². The van der Waals surface area contributed by atoms with E-state index in [4.69, 9.17) is 21.7 Å². The Morgan fingerprint density at radius 2 is 1.90 bits per heavy atom. The number of aromatic nitrogens is 6. The summed E-state index contributed by atoms with van der Waals surface area (Å²) in [4.78, 5) is 4.78. The highest BCUT2D eigenvalue weighted by Crippen LogP contribution is 2.38. The van der Waals surface area contributed by atoms with E-state index < -0.39 is 0 Å². The number of rotatable bonds is 3. The Kier molecular flexibility index (Phi) is 4.07. The van der Waals surface area contributed by atoms with Gasteiger partial charge in [-0.1, -0.05) is 41.9 Å². The summed E-state index contributed by atoms with van der Waals surface area (Å²) in [6.45, 7) is 0.727. The predicted molar refractivity (Wildman–Crippen MR) is 120 cm³/mol. The van der Waals surface area contributed by atoms with Crippen LogP contribution < -0.4 is 0 Å². The molecule has 2 aromatic carbocycles. The minimum Gasteiger partial charge on any atom is -0.302 e. The number of hydrogen-bond donors (Lipinski definition) is 0. The molecular weight excluding hydrogens is 408 g/mol. The third-order valence-corrected chi connectivity index (χ3v) is 5.93. The van der Waals surface area contributed by atoms with Crippen LogP contribution in [0.3, 0.4) is 0 Å². The van der Waals surface area contributed by atoms with Gasteiger partial charge in [-0.2, -0.15) is 10.2 Å². The lowest BCUT2D eigenvalue weighted by Crippen LogP contribution is -2.00. The van der Waals surface area contributed by atoms with Crippen molar-refractivity contribution in [2.75, 3.05) is 0 Å². The van der Waals surface area contributed by atoms with Crippen molar-refractivity contribution in [3.63, 3.8) is 0 Å². The van der Waals surface area contributed by atoms with Gasteiger partial charge in [-0.3, -0.25) is 9.36 Å². The lowest BCUT2D eigenvalue weighted by molar-refractivity contribution is 0.687. The molecule has 0 bridgehead atoms. The normalized spacial score (nSPS) is 12.2. The molecule has 6 nitrogen and oxygen atoms in total. The third kappa shape index (κ3) is 3.07. The molecule has 0 fully saturated rings. The highest BCUT2D eigenvalue weighted by atomic mass is 35.5. The van der Waals surface area contributed by atoms with Crippen molar-refractivity contribution in [2.24, 2.45) is 7.05 Å². The zero-order chi connectivity index (χ0) is 20.9. The standard InChI is InChI=1S/C24H19ClN6/c1-29-13-17-9-22-24(18-11-27-30(14-18)12-16-5-3-2-4-6-16)26-15-31(22)21-8-7-19(25)10-20(21)23(17)28-29/h2-8,10-11,13-15H,9,12H2,1H3. The van der Waals surface area contributed by atoms with Gasteiger partial charge in [-0.05, 0) is 23.8 Å². The molecule has 152 valence electrons. The topological polar surface area (TPSA) is 53.5 Å². The fourth-order valence-electron chi connectivity index (χ4n) is 4.32. The fourth-order valence-corrected chi connectivity index (χ4v) is 4.49. The van der Waals surface area contributed by atoms with Crippen molar-refractivity contribution in [3.8, 4) is 28.2 Å². The van der Waals surface area contributed by atoms with E-state index in [1.807, 2.05) is 65.3 Å². The number of imidazole rings is 1. The van der Waals surface area contributed by atoms with Crippen molar-refractivity contribution in [3.05, 3.63) is 95.3 Å². The van der Waals surface area contributed by atoms with Crippen molar-refractivity contribution >= 4 is 11.6 Å². The Balaban J connectivity index is 1.46. The molecule has 1 aliphatic rings. The molecule has 0 spiro atoms. The van der Waals surface area contributed by atoms with Crippen molar-refractivity contribution in [1.82, 2.24) is 29.1 Å². The van der Waals surface area contributed by atoms with Crippen LogP contribution in [0.15, 0.2) is 73.4 Å². The van der Waals surface area contributed by atoms with Gasteiger partial charge < -0.3 is 4.57 Å². The van der Waals surface area contributed by atoms with Gasteiger partial charge in [0, 0.05) is 47.6 Å². The minimum absolute atomic E-state index is 0.696. The second-order valence-electron chi connectivity index (χ2n) is 7.84. The average molecular weight is 427 g/mol. The molecule has 0 saturated heterocycles. The SMILES string of the molecule is Cn1cc2c(n1)-c1cc(Cl)ccc1-n1cnc(-c3cnn(Cc4ccccc4)c3)c1C2. The Bertz CT molecular complexity index is 1410. The maximum atomic E-state index is 6.33. The lowest BCUT2D eigenvalue weighted by atomic mass is 10.0. The summed E-state index contributed by atoms with van der Waals surface area (Å²) in [7, 11) is 1.95. The molecule has 0 atom stereocenters. The molecule has 6 rings (SSSR count). The first-order valence-corrected chi connectivity index (χ1v) is 10.5. The Morgan fingerprint density at radius 1 is 1.03 bits per heavy atom. The first-order valence-electron chi connectivity index (χ1n) is 10.1. The summed E-state index contributed by atoms with van der Waals surface area (Å²) in [6.07, 6.45) is 8.65. The van der Waals surface area contributed by atoms with Crippen molar-refractivity contribution in [1.29, 1.82) is 0 Å². The Hall–Kier alpha value is -3.64. The quantitative estimate of drug-likeness (QED) is 0.410. The maximum absolute atomic E-state index is 6.33. The number of fused-ring (bicyclic) bond motifs is 5. The van der Waals surface area contributed by atoms with Gasteiger partial charge in [-0.15, -0.1) is 0 Å². The van der Waals surface area contributed by atoms with E-state index >= 15 is 0 Å². The zero-order valence-corrected chi connectivity index (χ0v) is 17.7. The first kappa shape index (κ1) is 18.2. The van der Waals surface area contributed by atoms with Crippen LogP contribution in [0, 0.1) is 0 Å². The Morgan fingerprint density at radius 3 is 2.77 bits per heavy atom. The van der Waals surface area contributed by atoms with Gasteiger partial charge in [0.05, 0.1) is 35.5 Å². The summed E-state index contributed by atoms with van der Waals surface area (Å²) >= 11 is 6.33. The molecule has 0 unspecified atom stereocenters. The van der Waals surface area contributed by atoms with Crippen LogP contribution in [0.5, 0.6) is 0 Å². The maximum Gasteiger partial charge on any atom is 0.100 e. The van der Waals surface area contributed by atoms with E-state index in [-0.39, 0.29) is 0 Å². The molecule has 0 amide bonds. The van der Waals surface area contributed by atoms with E-state index in [9.17, 15) is 0 Å². The highest BCUT2D eigenvalue weighted by Gasteiger charge is 2.25. The van der Waals surface area contributed by atoms with Gasteiger partial charge in [0.15, 0.2) is 0 Å². The molecule has 31 heavy (non-hydrogen) atoms. The summed E-state index contributed by atoms with van der Waals surface area (Å²) in [6, 6.07) is 16.3. The summed E-state index contributed by atoms with van der Waals surface area (Å²) in [5.74, 6) is 0. The second-order valence-corrected chi connectivity index (χ2v) is 8.27. The van der Waals surface area contributed by atoms with Crippen molar-refractivity contribution in [2.45, 2.75) is 13.0 Å². The van der Waals surface area contributed by atoms with Crippen LogP contribution in [0.4, 0.5) is 0 Å². The molecule has 7 heteroatoms. The summed E-state index contributed by atoms with van der Waals surface area (Å²) in [5, 5.41) is 9.99. The van der Waals surface area contributed by atoms with Crippen LogP contribution >= 0.6 is 11.6 Å². The van der Waals surface area contributed by atoms with Crippen LogP contribution in [-0.4, -0.2) is 29.1 Å². The third-order valence-electron chi connectivity index (χ3n) is 5.70. The van der Waals surface area contributed by atoms with E-state index in [0.717, 1.165) is 52.4 Å². The Labute approximate surface area is 184 Å². The zero-order valence-electron chi connectivity index (χ0n) is 16.9. The largest absolute Gasteiger partial charge is 0.302 e. The molecule has 0 saturated carbocycles. The first-order chi connectivity index (χ1) is 15.2. The predicted octanol–water partition coefficient (Wildman–Crippen LogP) is 4.74. The molecular formula is C24H19ClN6. The number of hydrogen-bond acceptors (Lipinski definition) is 3. The summed E-state index contributed by atoms with van der Waals surface area (Å²) in [5.41, 5.74) is 8.46. The van der Waals surface area contributed by atoms with E-state index in [2.05, 4.69) is 34.2 Å². The molecule has 0 aliphatic carbocycles.